The molecule has 0 heterocycles. The number of carbonyl (C=O) groups is 1. The third-order valence-corrected chi connectivity index (χ3v) is 3.90. The molecule has 0 spiro atoms. The Hall–Kier alpha value is -1.38. The molecule has 1 aromatic rings. The summed E-state index contributed by atoms with van der Waals surface area (Å²) in [6.07, 6.45) is 3.75. The summed E-state index contributed by atoms with van der Waals surface area (Å²) in [6.45, 7) is 6.29. The summed E-state index contributed by atoms with van der Waals surface area (Å²) in [4.78, 5) is 12.0. The van der Waals surface area contributed by atoms with Crippen molar-refractivity contribution in [2.45, 2.75) is 52.6 Å². The monoisotopic (exact) mass is 264 g/mol. The zero-order valence-electron chi connectivity index (χ0n) is 11.8. The average molecular weight is 264 g/mol. The topological polar surface area (TPSA) is 26.3 Å². The number of hydrogen-bond donors (Lipinski definition) is 0. The van der Waals surface area contributed by atoms with Gasteiger partial charge in [-0.25, -0.2) is 9.18 Å². The quantitative estimate of drug-likeness (QED) is 0.746. The summed E-state index contributed by atoms with van der Waals surface area (Å²) in [5.74, 6) is -1.04. The van der Waals surface area contributed by atoms with Crippen molar-refractivity contribution in [3.63, 3.8) is 0 Å². The summed E-state index contributed by atoms with van der Waals surface area (Å²) < 4.78 is 19.0. The van der Waals surface area contributed by atoms with Gasteiger partial charge < -0.3 is 4.74 Å². The van der Waals surface area contributed by atoms with Crippen LogP contribution in [0.25, 0.3) is 0 Å². The van der Waals surface area contributed by atoms with Crippen LogP contribution in [0, 0.1) is 18.2 Å². The Balaban J connectivity index is 2.00. The minimum atomic E-state index is -0.536. The number of carbonyl (C=O) groups excluding carboxylic acids is 1. The molecule has 0 amide bonds. The summed E-state index contributed by atoms with van der Waals surface area (Å²) in [7, 11) is 0. The van der Waals surface area contributed by atoms with Crippen LogP contribution in [0.5, 0.6) is 0 Å². The molecule has 0 saturated heterocycles. The molecule has 0 atom stereocenters. The molecule has 0 unspecified atom stereocenters. The Morgan fingerprint density at radius 3 is 2.58 bits per heavy atom. The first kappa shape index (κ1) is 14.0. The van der Waals surface area contributed by atoms with Crippen molar-refractivity contribution in [2.75, 3.05) is 0 Å². The Labute approximate surface area is 114 Å². The second-order valence-electron chi connectivity index (χ2n) is 6.25. The maximum atomic E-state index is 13.6. The fourth-order valence-electron chi connectivity index (χ4n) is 2.50. The summed E-state index contributed by atoms with van der Waals surface area (Å²) in [5.41, 5.74) is 1.24. The van der Waals surface area contributed by atoms with Crippen LogP contribution in [0.2, 0.25) is 0 Å². The van der Waals surface area contributed by atoms with E-state index in [4.69, 9.17) is 4.74 Å². The number of halogens is 1. The first-order valence-corrected chi connectivity index (χ1v) is 6.84. The van der Waals surface area contributed by atoms with Gasteiger partial charge in [0.1, 0.15) is 11.9 Å². The lowest BCUT2D eigenvalue weighted by Crippen LogP contribution is -2.28. The van der Waals surface area contributed by atoms with E-state index in [9.17, 15) is 9.18 Å². The molecule has 1 aliphatic rings. The number of esters is 1. The lowest BCUT2D eigenvalue weighted by atomic mass is 9.76. The molecule has 19 heavy (non-hydrogen) atoms. The van der Waals surface area contributed by atoms with E-state index >= 15 is 0 Å². The Bertz CT molecular complexity index is 470. The lowest BCUT2D eigenvalue weighted by Gasteiger charge is -2.33. The number of aryl methyl sites for hydroxylation is 1. The second kappa shape index (κ2) is 5.32. The molecule has 104 valence electrons. The van der Waals surface area contributed by atoms with Crippen LogP contribution < -0.4 is 0 Å². The SMILES string of the molecule is Cc1ccc(F)c(C(=O)OC2CCC(C)(C)CC2)c1. The van der Waals surface area contributed by atoms with Crippen LogP contribution >= 0.6 is 0 Å². The molecule has 1 fully saturated rings. The van der Waals surface area contributed by atoms with E-state index in [2.05, 4.69) is 13.8 Å². The van der Waals surface area contributed by atoms with Crippen molar-refractivity contribution in [1.29, 1.82) is 0 Å². The van der Waals surface area contributed by atoms with Crippen molar-refractivity contribution in [3.8, 4) is 0 Å². The smallest absolute Gasteiger partial charge is 0.341 e. The first-order chi connectivity index (χ1) is 8.87. The average Bonchev–Trinajstić information content (AvgIpc) is 2.35. The molecule has 0 N–H and O–H groups in total. The van der Waals surface area contributed by atoms with Gasteiger partial charge in [0, 0.05) is 0 Å². The third kappa shape index (κ3) is 3.55. The van der Waals surface area contributed by atoms with Gasteiger partial charge in [-0.2, -0.15) is 0 Å². The molecule has 0 aromatic heterocycles. The van der Waals surface area contributed by atoms with Crippen molar-refractivity contribution in [2.24, 2.45) is 5.41 Å². The van der Waals surface area contributed by atoms with Crippen LogP contribution in [0.4, 0.5) is 4.39 Å². The molecule has 0 radical (unpaired) electrons. The molecule has 1 saturated carbocycles. The number of rotatable bonds is 2. The van der Waals surface area contributed by atoms with Gasteiger partial charge in [0.2, 0.25) is 0 Å². The fourth-order valence-corrected chi connectivity index (χ4v) is 2.50. The number of benzene rings is 1. The Morgan fingerprint density at radius 2 is 1.95 bits per heavy atom. The predicted octanol–water partition coefficient (Wildman–Crippen LogP) is 4.26. The number of hydrogen-bond acceptors (Lipinski definition) is 2. The molecule has 2 nitrogen and oxygen atoms in total. The molecule has 3 heteroatoms. The van der Waals surface area contributed by atoms with Gasteiger partial charge in [-0.1, -0.05) is 25.5 Å². The van der Waals surface area contributed by atoms with E-state index in [0.29, 0.717) is 5.41 Å². The molecule has 2 rings (SSSR count). The zero-order chi connectivity index (χ0) is 14.0. The van der Waals surface area contributed by atoms with Gasteiger partial charge in [-0.15, -0.1) is 0 Å². The third-order valence-electron chi connectivity index (χ3n) is 3.90. The van der Waals surface area contributed by atoms with Crippen molar-refractivity contribution in [1.82, 2.24) is 0 Å². The van der Waals surface area contributed by atoms with Crippen LogP contribution in [0.1, 0.15) is 55.5 Å². The normalized spacial score (nSPS) is 19.2. The molecule has 0 bridgehead atoms. The zero-order valence-corrected chi connectivity index (χ0v) is 11.8. The fraction of sp³-hybridized carbons (Fsp3) is 0.562. The highest BCUT2D eigenvalue weighted by atomic mass is 19.1. The van der Waals surface area contributed by atoms with Crippen LogP contribution in [0.3, 0.4) is 0 Å². The van der Waals surface area contributed by atoms with Crippen molar-refractivity contribution >= 4 is 5.97 Å². The highest BCUT2D eigenvalue weighted by Crippen LogP contribution is 2.36. The van der Waals surface area contributed by atoms with E-state index < -0.39 is 11.8 Å². The molecule has 0 aliphatic heterocycles. The second-order valence-corrected chi connectivity index (χ2v) is 6.25. The van der Waals surface area contributed by atoms with Gasteiger partial charge >= 0.3 is 5.97 Å². The molecular formula is C16H21FO2. The highest BCUT2D eigenvalue weighted by molar-refractivity contribution is 5.90. The van der Waals surface area contributed by atoms with Gasteiger partial charge in [-0.3, -0.25) is 0 Å². The van der Waals surface area contributed by atoms with Crippen LogP contribution in [-0.4, -0.2) is 12.1 Å². The standard InChI is InChI=1S/C16H21FO2/c1-11-4-5-14(17)13(10-11)15(18)19-12-6-8-16(2,3)9-7-12/h4-5,10,12H,6-9H2,1-3H3. The van der Waals surface area contributed by atoms with E-state index in [0.717, 1.165) is 31.2 Å². The van der Waals surface area contributed by atoms with E-state index in [1.807, 2.05) is 6.92 Å². The minimum absolute atomic E-state index is 0.0461. The van der Waals surface area contributed by atoms with E-state index in [-0.39, 0.29) is 11.7 Å². The highest BCUT2D eigenvalue weighted by Gasteiger charge is 2.29. The van der Waals surface area contributed by atoms with Crippen molar-refractivity contribution < 1.29 is 13.9 Å². The Morgan fingerprint density at radius 1 is 1.32 bits per heavy atom. The molecule has 1 aromatic carbocycles. The lowest BCUT2D eigenvalue weighted by molar-refractivity contribution is 0.00906. The predicted molar refractivity (Wildman–Crippen MR) is 72.6 cm³/mol. The summed E-state index contributed by atoms with van der Waals surface area (Å²) >= 11 is 0. The molecular weight excluding hydrogens is 243 g/mol. The molecule has 1 aliphatic carbocycles. The maximum absolute atomic E-state index is 13.6. The van der Waals surface area contributed by atoms with Gasteiger partial charge in [-0.05, 0) is 50.2 Å². The van der Waals surface area contributed by atoms with Gasteiger partial charge in [0.15, 0.2) is 0 Å². The Kier molecular flexibility index (Phi) is 3.93. The number of ether oxygens (including phenoxy) is 1. The van der Waals surface area contributed by atoms with E-state index in [1.54, 1.807) is 12.1 Å². The van der Waals surface area contributed by atoms with Crippen LogP contribution in [-0.2, 0) is 4.74 Å². The summed E-state index contributed by atoms with van der Waals surface area (Å²) in [5, 5.41) is 0. The summed E-state index contributed by atoms with van der Waals surface area (Å²) in [6, 6.07) is 4.51. The maximum Gasteiger partial charge on any atom is 0.341 e. The minimum Gasteiger partial charge on any atom is -0.459 e. The van der Waals surface area contributed by atoms with Crippen molar-refractivity contribution in [3.05, 3.63) is 35.1 Å². The van der Waals surface area contributed by atoms with E-state index in [1.165, 1.54) is 6.07 Å². The largest absolute Gasteiger partial charge is 0.459 e. The van der Waals surface area contributed by atoms with Crippen LogP contribution in [0.15, 0.2) is 18.2 Å². The first-order valence-electron chi connectivity index (χ1n) is 6.84. The van der Waals surface area contributed by atoms with Gasteiger partial charge in [0.25, 0.3) is 0 Å². The van der Waals surface area contributed by atoms with Gasteiger partial charge in [0.05, 0.1) is 5.56 Å².